The first kappa shape index (κ1) is 16.1. The van der Waals surface area contributed by atoms with Crippen molar-refractivity contribution in [1.82, 2.24) is 14.5 Å². The average Bonchev–Trinajstić information content (AvgIpc) is 2.58. The van der Waals surface area contributed by atoms with Crippen molar-refractivity contribution in [3.63, 3.8) is 0 Å². The number of alkyl halides is 2. The average molecular weight is 362 g/mol. The van der Waals surface area contributed by atoms with Crippen LogP contribution in [0.2, 0.25) is 0 Å². The second kappa shape index (κ2) is 7.21. The van der Waals surface area contributed by atoms with Crippen LogP contribution >= 0.6 is 35.4 Å². The Hall–Kier alpha value is -1.75. The molecule has 1 heterocycles. The van der Waals surface area contributed by atoms with Crippen molar-refractivity contribution in [3.05, 3.63) is 76.8 Å². The Bertz CT molecular complexity index is 849. The van der Waals surface area contributed by atoms with E-state index in [-0.39, 0.29) is 0 Å². The molecule has 6 heteroatoms. The molecule has 2 aromatic carbocycles. The molecule has 3 nitrogen and oxygen atoms in total. The molecule has 3 aromatic rings. The maximum atomic E-state index is 5.93. The first-order valence-corrected chi connectivity index (χ1v) is 8.29. The first-order valence-electron chi connectivity index (χ1n) is 7.01. The molecule has 3 rings (SSSR count). The van der Waals surface area contributed by atoms with E-state index in [2.05, 4.69) is 9.97 Å². The van der Waals surface area contributed by atoms with E-state index in [0.29, 0.717) is 23.0 Å². The molecule has 0 unspecified atom stereocenters. The van der Waals surface area contributed by atoms with E-state index < -0.39 is 4.84 Å². The lowest BCUT2D eigenvalue weighted by Gasteiger charge is -2.14. The van der Waals surface area contributed by atoms with E-state index in [1.807, 2.05) is 65.2 Å². The number of hydrogen-bond acceptors (Lipinski definition) is 3. The summed E-state index contributed by atoms with van der Waals surface area (Å²) in [6.07, 6.45) is 0. The number of benzene rings is 2. The van der Waals surface area contributed by atoms with Gasteiger partial charge in [0.2, 0.25) is 4.77 Å². The van der Waals surface area contributed by atoms with Gasteiger partial charge in [-0.1, -0.05) is 83.9 Å². The van der Waals surface area contributed by atoms with Crippen LogP contribution in [0.25, 0.3) is 11.4 Å². The van der Waals surface area contributed by atoms with Gasteiger partial charge in [-0.3, -0.25) is 4.57 Å². The van der Waals surface area contributed by atoms with Gasteiger partial charge in [0.15, 0.2) is 10.7 Å². The Morgan fingerprint density at radius 2 is 1.52 bits per heavy atom. The van der Waals surface area contributed by atoms with Crippen molar-refractivity contribution in [1.29, 1.82) is 0 Å². The molecule has 0 aliphatic rings. The van der Waals surface area contributed by atoms with Gasteiger partial charge >= 0.3 is 0 Å². The molecule has 0 N–H and O–H groups in total. The molecule has 0 atom stereocenters. The van der Waals surface area contributed by atoms with Crippen molar-refractivity contribution in [2.24, 2.45) is 0 Å². The van der Waals surface area contributed by atoms with E-state index in [1.165, 1.54) is 0 Å². The van der Waals surface area contributed by atoms with Crippen LogP contribution in [0.1, 0.15) is 16.2 Å². The molecule has 1 aromatic heterocycles. The lowest BCUT2D eigenvalue weighted by molar-refractivity contribution is 0.718. The molecule has 0 spiro atoms. The highest BCUT2D eigenvalue weighted by molar-refractivity contribution is 7.71. The first-order chi connectivity index (χ1) is 11.1. The minimum absolute atomic E-state index is 0.321. The van der Waals surface area contributed by atoms with Crippen molar-refractivity contribution in [2.45, 2.75) is 11.4 Å². The van der Waals surface area contributed by atoms with Crippen LogP contribution in [0.5, 0.6) is 0 Å². The number of aromatic nitrogens is 3. The molecule has 0 amide bonds. The minimum atomic E-state index is -0.814. The summed E-state index contributed by atoms with van der Waals surface area (Å²) >= 11 is 17.3. The van der Waals surface area contributed by atoms with Gasteiger partial charge < -0.3 is 0 Å². The van der Waals surface area contributed by atoms with Crippen molar-refractivity contribution in [3.8, 4) is 11.4 Å². The van der Waals surface area contributed by atoms with Gasteiger partial charge in [0.1, 0.15) is 5.82 Å². The monoisotopic (exact) mass is 361 g/mol. The zero-order valence-corrected chi connectivity index (χ0v) is 14.4. The summed E-state index contributed by atoms with van der Waals surface area (Å²) in [6.45, 7) is 0.583. The Morgan fingerprint density at radius 3 is 2.13 bits per heavy atom. The third kappa shape index (κ3) is 3.78. The summed E-state index contributed by atoms with van der Waals surface area (Å²) in [5, 5.41) is 0. The highest BCUT2D eigenvalue weighted by Crippen LogP contribution is 2.25. The molecule has 116 valence electrons. The fourth-order valence-corrected chi connectivity index (χ4v) is 2.70. The Labute approximate surface area is 149 Å². The summed E-state index contributed by atoms with van der Waals surface area (Å²) in [4.78, 5) is 7.96. The fraction of sp³-hybridized carbons (Fsp3) is 0.118. The van der Waals surface area contributed by atoms with Gasteiger partial charge in [-0.05, 0) is 17.8 Å². The molecule has 0 saturated heterocycles. The summed E-state index contributed by atoms with van der Waals surface area (Å²) < 4.78 is 2.30. The Kier molecular flexibility index (Phi) is 5.06. The third-order valence-electron chi connectivity index (χ3n) is 3.33. The predicted octanol–water partition coefficient (Wildman–Crippen LogP) is 5.20. The van der Waals surface area contributed by atoms with Crippen LogP contribution in [0.3, 0.4) is 0 Å². The van der Waals surface area contributed by atoms with Crippen LogP contribution in [-0.2, 0) is 6.54 Å². The topological polar surface area (TPSA) is 30.7 Å². The van der Waals surface area contributed by atoms with Gasteiger partial charge in [-0.2, -0.15) is 0 Å². The molecular formula is C17H13Cl2N3S. The van der Waals surface area contributed by atoms with Crippen LogP contribution in [-0.4, -0.2) is 14.5 Å². The van der Waals surface area contributed by atoms with Crippen molar-refractivity contribution in [2.75, 3.05) is 0 Å². The number of halogens is 2. The van der Waals surface area contributed by atoms with Crippen LogP contribution < -0.4 is 0 Å². The van der Waals surface area contributed by atoms with E-state index in [9.17, 15) is 0 Å². The standard InChI is InChI=1S/C17H13Cl2N3S/c18-14(19)15-20-16(13-9-5-2-6-10-13)22(17(23)21-15)11-12-7-3-1-4-8-12/h1-10,14H,11H2. The van der Waals surface area contributed by atoms with Gasteiger partial charge in [0.05, 0.1) is 6.54 Å². The molecule has 0 aliphatic heterocycles. The highest BCUT2D eigenvalue weighted by atomic mass is 35.5. The Morgan fingerprint density at radius 1 is 0.913 bits per heavy atom. The third-order valence-corrected chi connectivity index (χ3v) is 4.03. The Balaban J connectivity index is 2.16. The molecule has 23 heavy (non-hydrogen) atoms. The molecule has 0 radical (unpaired) electrons. The second-order valence-electron chi connectivity index (χ2n) is 4.93. The zero-order chi connectivity index (χ0) is 16.2. The number of hydrogen-bond donors (Lipinski definition) is 0. The van der Waals surface area contributed by atoms with E-state index in [4.69, 9.17) is 35.4 Å². The minimum Gasteiger partial charge on any atom is -0.297 e. The maximum Gasteiger partial charge on any atom is 0.203 e. The number of rotatable bonds is 4. The molecule has 0 bridgehead atoms. The second-order valence-corrected chi connectivity index (χ2v) is 6.39. The SMILES string of the molecule is S=c1nc(C(Cl)Cl)nc(-c2ccccc2)n1Cc1ccccc1. The molecule has 0 aliphatic carbocycles. The predicted molar refractivity (Wildman–Crippen MR) is 96.3 cm³/mol. The highest BCUT2D eigenvalue weighted by Gasteiger charge is 2.14. The van der Waals surface area contributed by atoms with Gasteiger partial charge in [0, 0.05) is 5.56 Å². The lowest BCUT2D eigenvalue weighted by atomic mass is 10.2. The lowest BCUT2D eigenvalue weighted by Crippen LogP contribution is -2.12. The van der Waals surface area contributed by atoms with Gasteiger partial charge in [-0.15, -0.1) is 0 Å². The van der Waals surface area contributed by atoms with Crippen molar-refractivity contribution < 1.29 is 0 Å². The van der Waals surface area contributed by atoms with E-state index >= 15 is 0 Å². The quantitative estimate of drug-likeness (QED) is 0.472. The summed E-state index contributed by atoms with van der Waals surface area (Å²) in [5.41, 5.74) is 2.05. The van der Waals surface area contributed by atoms with Crippen LogP contribution in [0.15, 0.2) is 60.7 Å². The van der Waals surface area contributed by atoms with Gasteiger partial charge in [0.25, 0.3) is 0 Å². The van der Waals surface area contributed by atoms with E-state index in [1.54, 1.807) is 0 Å². The summed E-state index contributed by atoms with van der Waals surface area (Å²) in [6, 6.07) is 19.8. The van der Waals surface area contributed by atoms with Crippen molar-refractivity contribution >= 4 is 35.4 Å². The summed E-state index contributed by atoms with van der Waals surface area (Å²) in [7, 11) is 0. The van der Waals surface area contributed by atoms with E-state index in [0.717, 1.165) is 11.1 Å². The normalized spacial score (nSPS) is 10.9. The number of nitrogens with zero attached hydrogens (tertiary/aromatic N) is 3. The van der Waals surface area contributed by atoms with Gasteiger partial charge in [-0.25, -0.2) is 9.97 Å². The fourth-order valence-electron chi connectivity index (χ4n) is 2.26. The van der Waals surface area contributed by atoms with Crippen LogP contribution in [0, 0.1) is 4.77 Å². The smallest absolute Gasteiger partial charge is 0.203 e. The summed E-state index contributed by atoms with van der Waals surface area (Å²) in [5.74, 6) is 1.03. The maximum absolute atomic E-state index is 5.93. The molecule has 0 fully saturated rings. The van der Waals surface area contributed by atoms with Crippen LogP contribution in [0.4, 0.5) is 0 Å². The zero-order valence-electron chi connectivity index (χ0n) is 12.1. The molecular weight excluding hydrogens is 349 g/mol. The largest absolute Gasteiger partial charge is 0.297 e. The molecule has 0 saturated carbocycles.